The number of carbonyl (C=O) groups is 1. The Balaban J connectivity index is 2.51. The van der Waals surface area contributed by atoms with Gasteiger partial charge in [0.1, 0.15) is 0 Å². The topological polar surface area (TPSA) is 58.2 Å². The minimum Gasteiger partial charge on any atom is -0.337 e. The van der Waals surface area contributed by atoms with Gasteiger partial charge in [0.15, 0.2) is 0 Å². The number of rotatable bonds is 4. The first-order valence-corrected chi connectivity index (χ1v) is 7.62. The molecular formula is C11H15BrN2O2S. The van der Waals surface area contributed by atoms with Crippen molar-refractivity contribution in [3.63, 3.8) is 0 Å². The van der Waals surface area contributed by atoms with E-state index >= 15 is 0 Å². The van der Waals surface area contributed by atoms with Crippen molar-refractivity contribution in [3.8, 4) is 0 Å². The summed E-state index contributed by atoms with van der Waals surface area (Å²) in [5.74, 6) is 0.463. The normalized spacial score (nSPS) is 11.9. The van der Waals surface area contributed by atoms with E-state index in [1.165, 1.54) is 0 Å². The number of carbonyl (C=O) groups excluding carboxylic acids is 1. The molecule has 4 nitrogen and oxygen atoms in total. The van der Waals surface area contributed by atoms with Gasteiger partial charge in [0.2, 0.25) is 0 Å². The first-order valence-electron chi connectivity index (χ1n) is 5.10. The lowest BCUT2D eigenvalue weighted by atomic mass is 10.2. The number of amides is 2. The van der Waals surface area contributed by atoms with Crippen molar-refractivity contribution >= 4 is 38.4 Å². The van der Waals surface area contributed by atoms with E-state index in [1.807, 2.05) is 25.1 Å². The third-order valence-electron chi connectivity index (χ3n) is 2.19. The van der Waals surface area contributed by atoms with E-state index in [0.717, 1.165) is 15.7 Å². The second-order valence-corrected chi connectivity index (χ2v) is 5.98. The van der Waals surface area contributed by atoms with Crippen LogP contribution in [0, 0.1) is 6.92 Å². The summed E-state index contributed by atoms with van der Waals surface area (Å²) in [7, 11) is -0.887. The number of urea groups is 1. The van der Waals surface area contributed by atoms with Crippen molar-refractivity contribution in [2.75, 3.05) is 23.9 Å². The molecule has 0 fully saturated rings. The minimum atomic E-state index is -0.887. The van der Waals surface area contributed by atoms with Crippen molar-refractivity contribution in [2.24, 2.45) is 0 Å². The Morgan fingerprint density at radius 3 is 2.82 bits per heavy atom. The third-order valence-corrected chi connectivity index (χ3v) is 3.83. The second-order valence-electron chi connectivity index (χ2n) is 3.57. The molecule has 1 rings (SSSR count). The lowest BCUT2D eigenvalue weighted by Gasteiger charge is -2.10. The maximum atomic E-state index is 11.5. The molecule has 0 spiro atoms. The highest BCUT2D eigenvalue weighted by atomic mass is 79.9. The van der Waals surface area contributed by atoms with Crippen LogP contribution in [0.5, 0.6) is 0 Å². The number of hydrogen-bond acceptors (Lipinski definition) is 2. The van der Waals surface area contributed by atoms with Gasteiger partial charge < -0.3 is 10.6 Å². The molecular weight excluding hydrogens is 304 g/mol. The molecule has 94 valence electrons. The minimum absolute atomic E-state index is 0.281. The SMILES string of the molecule is Cc1c(Br)cccc1NC(=O)NCC[S@@](C)=O. The highest BCUT2D eigenvalue weighted by Crippen LogP contribution is 2.23. The lowest BCUT2D eigenvalue weighted by molar-refractivity contribution is 0.252. The van der Waals surface area contributed by atoms with Gasteiger partial charge in [-0.15, -0.1) is 0 Å². The van der Waals surface area contributed by atoms with Crippen LogP contribution in [0.15, 0.2) is 22.7 Å². The molecule has 1 aromatic carbocycles. The summed E-state index contributed by atoms with van der Waals surface area (Å²) < 4.78 is 11.8. The predicted molar refractivity (Wildman–Crippen MR) is 74.8 cm³/mol. The van der Waals surface area contributed by atoms with Gasteiger partial charge in [0, 0.05) is 39.5 Å². The maximum absolute atomic E-state index is 11.5. The number of benzene rings is 1. The molecule has 1 aromatic rings. The van der Waals surface area contributed by atoms with Crippen LogP contribution in [0.3, 0.4) is 0 Å². The molecule has 2 N–H and O–H groups in total. The molecule has 0 heterocycles. The summed E-state index contributed by atoms with van der Waals surface area (Å²) in [6.07, 6.45) is 1.61. The monoisotopic (exact) mass is 318 g/mol. The average molecular weight is 319 g/mol. The Labute approximate surface area is 112 Å². The summed E-state index contributed by atoms with van der Waals surface area (Å²) in [5.41, 5.74) is 1.73. The lowest BCUT2D eigenvalue weighted by Crippen LogP contribution is -2.32. The van der Waals surface area contributed by atoms with Crippen molar-refractivity contribution < 1.29 is 9.00 Å². The van der Waals surface area contributed by atoms with E-state index in [4.69, 9.17) is 0 Å². The Hall–Kier alpha value is -0.880. The molecule has 2 amide bonds. The van der Waals surface area contributed by atoms with Crippen LogP contribution in [0.4, 0.5) is 10.5 Å². The largest absolute Gasteiger partial charge is 0.337 e. The summed E-state index contributed by atoms with van der Waals surface area (Å²) in [6.45, 7) is 2.32. The van der Waals surface area contributed by atoms with Crippen LogP contribution < -0.4 is 10.6 Å². The fourth-order valence-corrected chi connectivity index (χ4v) is 1.97. The quantitative estimate of drug-likeness (QED) is 0.894. The van der Waals surface area contributed by atoms with E-state index in [1.54, 1.807) is 6.26 Å². The molecule has 0 aromatic heterocycles. The molecule has 0 saturated carbocycles. The Bertz CT molecular complexity index is 437. The number of hydrogen-bond donors (Lipinski definition) is 2. The van der Waals surface area contributed by atoms with Gasteiger partial charge in [-0.3, -0.25) is 4.21 Å². The molecule has 0 aliphatic rings. The molecule has 0 bridgehead atoms. The molecule has 0 saturated heterocycles. The van der Waals surface area contributed by atoms with Gasteiger partial charge >= 0.3 is 6.03 Å². The summed E-state index contributed by atoms with van der Waals surface area (Å²) >= 11 is 3.40. The fraction of sp³-hybridized carbons (Fsp3) is 0.364. The van der Waals surface area contributed by atoms with Crippen LogP contribution >= 0.6 is 15.9 Å². The smallest absolute Gasteiger partial charge is 0.319 e. The predicted octanol–water partition coefficient (Wildman–Crippen LogP) is 2.26. The van der Waals surface area contributed by atoms with E-state index in [9.17, 15) is 9.00 Å². The molecule has 0 unspecified atom stereocenters. The van der Waals surface area contributed by atoms with Gasteiger partial charge in [-0.05, 0) is 24.6 Å². The van der Waals surface area contributed by atoms with Gasteiger partial charge in [0.25, 0.3) is 0 Å². The summed E-state index contributed by atoms with van der Waals surface area (Å²) in [4.78, 5) is 11.5. The Morgan fingerprint density at radius 2 is 2.18 bits per heavy atom. The highest BCUT2D eigenvalue weighted by Gasteiger charge is 2.05. The first kappa shape index (κ1) is 14.2. The van der Waals surface area contributed by atoms with Gasteiger partial charge in [-0.2, -0.15) is 0 Å². The molecule has 17 heavy (non-hydrogen) atoms. The van der Waals surface area contributed by atoms with Gasteiger partial charge in [-0.25, -0.2) is 4.79 Å². The van der Waals surface area contributed by atoms with Crippen LogP contribution in [-0.2, 0) is 10.8 Å². The summed E-state index contributed by atoms with van der Waals surface area (Å²) in [6, 6.07) is 5.32. The van der Waals surface area contributed by atoms with Crippen molar-refractivity contribution in [3.05, 3.63) is 28.2 Å². The van der Waals surface area contributed by atoms with Crippen LogP contribution in [0.2, 0.25) is 0 Å². The average Bonchev–Trinajstić information content (AvgIpc) is 2.24. The maximum Gasteiger partial charge on any atom is 0.319 e. The second kappa shape index (κ2) is 6.76. The van der Waals surface area contributed by atoms with Crippen LogP contribution in [-0.4, -0.2) is 28.8 Å². The summed E-state index contributed by atoms with van der Waals surface area (Å²) in [5, 5.41) is 5.40. The number of nitrogens with one attached hydrogen (secondary N) is 2. The molecule has 0 aliphatic carbocycles. The van der Waals surface area contributed by atoms with E-state index in [0.29, 0.717) is 12.3 Å². The van der Waals surface area contributed by atoms with E-state index in [-0.39, 0.29) is 6.03 Å². The fourth-order valence-electron chi connectivity index (χ4n) is 1.22. The standard InChI is InChI=1S/C11H15BrN2O2S/c1-8-9(12)4-3-5-10(8)14-11(15)13-6-7-17(2)16/h3-5H,6-7H2,1-2H3,(H2,13,14,15)/t17-/m1/s1. The zero-order valence-electron chi connectivity index (χ0n) is 9.75. The molecule has 0 aliphatic heterocycles. The third kappa shape index (κ3) is 4.87. The van der Waals surface area contributed by atoms with Gasteiger partial charge in [-0.1, -0.05) is 22.0 Å². The number of anilines is 1. The first-order chi connectivity index (χ1) is 8.00. The molecule has 0 radical (unpaired) electrons. The van der Waals surface area contributed by atoms with Crippen LogP contribution in [0.25, 0.3) is 0 Å². The molecule has 6 heteroatoms. The Morgan fingerprint density at radius 1 is 1.47 bits per heavy atom. The van der Waals surface area contributed by atoms with E-state index < -0.39 is 10.8 Å². The zero-order chi connectivity index (χ0) is 12.8. The Kier molecular flexibility index (Phi) is 5.64. The van der Waals surface area contributed by atoms with Crippen molar-refractivity contribution in [2.45, 2.75) is 6.92 Å². The zero-order valence-corrected chi connectivity index (χ0v) is 12.2. The van der Waals surface area contributed by atoms with Gasteiger partial charge in [0.05, 0.1) is 0 Å². The van der Waals surface area contributed by atoms with E-state index in [2.05, 4.69) is 26.6 Å². The highest BCUT2D eigenvalue weighted by molar-refractivity contribution is 9.10. The van der Waals surface area contributed by atoms with Crippen molar-refractivity contribution in [1.29, 1.82) is 0 Å². The number of halogens is 1. The molecule has 1 atom stereocenters. The van der Waals surface area contributed by atoms with Crippen molar-refractivity contribution in [1.82, 2.24) is 5.32 Å². The van der Waals surface area contributed by atoms with Crippen LogP contribution in [0.1, 0.15) is 5.56 Å².